The van der Waals surface area contributed by atoms with E-state index in [2.05, 4.69) is 48.0 Å². The Morgan fingerprint density at radius 1 is 1.39 bits per heavy atom. The highest BCUT2D eigenvalue weighted by Crippen LogP contribution is 2.40. The van der Waals surface area contributed by atoms with Gasteiger partial charge in [0.1, 0.15) is 0 Å². The zero-order valence-electron chi connectivity index (χ0n) is 13.8. The van der Waals surface area contributed by atoms with Crippen molar-refractivity contribution in [1.82, 2.24) is 4.98 Å². The van der Waals surface area contributed by atoms with Crippen molar-refractivity contribution < 1.29 is 9.53 Å². The SMILES string of the molecule is CCOC(=O)c1ncc(CN2CCC(C)(C)c3ccccc32)s1. The maximum Gasteiger partial charge on any atom is 0.367 e. The smallest absolute Gasteiger partial charge is 0.367 e. The van der Waals surface area contributed by atoms with Gasteiger partial charge >= 0.3 is 5.97 Å². The van der Waals surface area contributed by atoms with Gasteiger partial charge < -0.3 is 9.64 Å². The number of para-hydroxylation sites is 1. The van der Waals surface area contributed by atoms with E-state index in [9.17, 15) is 4.79 Å². The second kappa shape index (κ2) is 6.32. The van der Waals surface area contributed by atoms with Crippen LogP contribution in [0.2, 0.25) is 0 Å². The molecule has 23 heavy (non-hydrogen) atoms. The minimum Gasteiger partial charge on any atom is -0.461 e. The second-order valence-electron chi connectivity index (χ2n) is 6.42. The molecule has 0 unspecified atom stereocenters. The monoisotopic (exact) mass is 330 g/mol. The maximum absolute atomic E-state index is 11.7. The first-order chi connectivity index (χ1) is 11.0. The van der Waals surface area contributed by atoms with E-state index in [1.165, 1.54) is 22.6 Å². The molecule has 0 fully saturated rings. The van der Waals surface area contributed by atoms with E-state index >= 15 is 0 Å². The summed E-state index contributed by atoms with van der Waals surface area (Å²) in [5.74, 6) is -0.330. The fraction of sp³-hybridized carbons (Fsp3) is 0.444. The zero-order chi connectivity index (χ0) is 16.4. The molecule has 3 rings (SSSR count). The summed E-state index contributed by atoms with van der Waals surface area (Å²) >= 11 is 1.42. The predicted octanol–water partition coefficient (Wildman–Crippen LogP) is 4.01. The Kier molecular flexibility index (Phi) is 4.39. The minimum absolute atomic E-state index is 0.205. The van der Waals surface area contributed by atoms with Crippen molar-refractivity contribution in [2.45, 2.75) is 39.2 Å². The van der Waals surface area contributed by atoms with E-state index in [0.717, 1.165) is 24.4 Å². The van der Waals surface area contributed by atoms with Crippen LogP contribution in [0.5, 0.6) is 0 Å². The molecule has 1 aliphatic rings. The zero-order valence-corrected chi connectivity index (χ0v) is 14.7. The van der Waals surface area contributed by atoms with Crippen molar-refractivity contribution in [3.63, 3.8) is 0 Å². The van der Waals surface area contributed by atoms with E-state index in [1.54, 1.807) is 13.1 Å². The van der Waals surface area contributed by atoms with Gasteiger partial charge in [-0.3, -0.25) is 0 Å². The Labute approximate surface area is 141 Å². The number of fused-ring (bicyclic) bond motifs is 1. The fourth-order valence-electron chi connectivity index (χ4n) is 3.01. The Morgan fingerprint density at radius 2 is 2.17 bits per heavy atom. The number of hydrogen-bond donors (Lipinski definition) is 0. The molecule has 0 spiro atoms. The van der Waals surface area contributed by atoms with Crippen LogP contribution in [0.25, 0.3) is 0 Å². The molecular formula is C18H22N2O2S. The lowest BCUT2D eigenvalue weighted by Gasteiger charge is -2.40. The van der Waals surface area contributed by atoms with Gasteiger partial charge in [-0.25, -0.2) is 9.78 Å². The number of rotatable bonds is 4. The van der Waals surface area contributed by atoms with Gasteiger partial charge in [0.2, 0.25) is 5.01 Å². The van der Waals surface area contributed by atoms with Gasteiger partial charge in [-0.15, -0.1) is 11.3 Å². The molecule has 0 radical (unpaired) electrons. The number of benzene rings is 1. The van der Waals surface area contributed by atoms with Crippen molar-refractivity contribution >= 4 is 23.0 Å². The Balaban J connectivity index is 1.80. The number of anilines is 1. The topological polar surface area (TPSA) is 42.4 Å². The highest BCUT2D eigenvalue weighted by atomic mass is 32.1. The quantitative estimate of drug-likeness (QED) is 0.795. The maximum atomic E-state index is 11.7. The van der Waals surface area contributed by atoms with Crippen LogP contribution < -0.4 is 4.90 Å². The van der Waals surface area contributed by atoms with Crippen LogP contribution in [0.3, 0.4) is 0 Å². The standard InChI is InChI=1S/C18H22N2O2S/c1-4-22-17(21)16-19-11-13(23-16)12-20-10-9-18(2,3)14-7-5-6-8-15(14)20/h5-8,11H,4,9-10,12H2,1-3H3. The third-order valence-electron chi connectivity index (χ3n) is 4.33. The average Bonchev–Trinajstić information content (AvgIpc) is 2.99. The molecule has 0 saturated heterocycles. The molecule has 5 heteroatoms. The molecule has 1 aromatic carbocycles. The van der Waals surface area contributed by atoms with E-state index in [0.29, 0.717) is 11.6 Å². The predicted molar refractivity (Wildman–Crippen MR) is 93.2 cm³/mol. The summed E-state index contributed by atoms with van der Waals surface area (Å²) in [6.45, 7) is 8.57. The van der Waals surface area contributed by atoms with E-state index < -0.39 is 0 Å². The molecule has 1 aromatic heterocycles. The van der Waals surface area contributed by atoms with Gasteiger partial charge in [-0.05, 0) is 30.4 Å². The number of aromatic nitrogens is 1. The van der Waals surface area contributed by atoms with E-state index in [4.69, 9.17) is 4.74 Å². The molecule has 2 aromatic rings. The van der Waals surface area contributed by atoms with Crippen molar-refractivity contribution in [3.8, 4) is 0 Å². The summed E-state index contributed by atoms with van der Waals surface area (Å²) in [5.41, 5.74) is 2.88. The van der Waals surface area contributed by atoms with E-state index in [-0.39, 0.29) is 11.4 Å². The van der Waals surface area contributed by atoms with Gasteiger partial charge in [-0.2, -0.15) is 0 Å². The molecule has 1 aliphatic heterocycles. The number of thiazole rings is 1. The summed E-state index contributed by atoms with van der Waals surface area (Å²) in [4.78, 5) is 19.4. The van der Waals surface area contributed by atoms with Crippen LogP contribution in [0.15, 0.2) is 30.5 Å². The molecule has 4 nitrogen and oxygen atoms in total. The highest BCUT2D eigenvalue weighted by Gasteiger charge is 2.31. The molecule has 0 N–H and O–H groups in total. The average molecular weight is 330 g/mol. The normalized spacial score (nSPS) is 16.0. The first-order valence-electron chi connectivity index (χ1n) is 7.97. The van der Waals surface area contributed by atoms with Crippen LogP contribution in [0.1, 0.15) is 47.4 Å². The molecule has 122 valence electrons. The third-order valence-corrected chi connectivity index (χ3v) is 5.29. The number of carbonyl (C=O) groups excluding carboxylic acids is 1. The minimum atomic E-state index is -0.330. The van der Waals surface area contributed by atoms with Gasteiger partial charge in [-0.1, -0.05) is 32.0 Å². The Morgan fingerprint density at radius 3 is 2.96 bits per heavy atom. The first-order valence-corrected chi connectivity index (χ1v) is 8.79. The van der Waals surface area contributed by atoms with E-state index in [1.807, 2.05) is 0 Å². The molecule has 0 amide bonds. The summed E-state index contributed by atoms with van der Waals surface area (Å²) < 4.78 is 5.01. The highest BCUT2D eigenvalue weighted by molar-refractivity contribution is 7.13. The van der Waals surface area contributed by atoms with Gasteiger partial charge in [0.25, 0.3) is 0 Å². The molecule has 0 atom stereocenters. The molecule has 0 saturated carbocycles. The second-order valence-corrected chi connectivity index (χ2v) is 7.54. The number of nitrogens with zero attached hydrogens (tertiary/aromatic N) is 2. The molecule has 0 aliphatic carbocycles. The van der Waals surface area contributed by atoms with Gasteiger partial charge in [0.15, 0.2) is 0 Å². The lowest BCUT2D eigenvalue weighted by Crippen LogP contribution is -2.36. The first kappa shape index (κ1) is 16.0. The van der Waals surface area contributed by atoms with Crippen molar-refractivity contribution in [2.24, 2.45) is 0 Å². The molecule has 2 heterocycles. The number of esters is 1. The summed E-state index contributed by atoms with van der Waals surface area (Å²) in [6, 6.07) is 8.60. The number of hydrogen-bond acceptors (Lipinski definition) is 5. The van der Waals surface area contributed by atoms with Crippen LogP contribution in [0, 0.1) is 0 Å². The van der Waals surface area contributed by atoms with Gasteiger partial charge in [0, 0.05) is 23.3 Å². The van der Waals surface area contributed by atoms with Crippen LogP contribution >= 0.6 is 11.3 Å². The number of ether oxygens (including phenoxy) is 1. The van der Waals surface area contributed by atoms with Crippen molar-refractivity contribution in [1.29, 1.82) is 0 Å². The lowest BCUT2D eigenvalue weighted by molar-refractivity contribution is 0.0526. The Hall–Kier alpha value is -1.88. The Bertz CT molecular complexity index is 709. The number of carbonyl (C=O) groups is 1. The van der Waals surface area contributed by atoms with Crippen LogP contribution in [-0.4, -0.2) is 24.1 Å². The molecule has 0 bridgehead atoms. The lowest BCUT2D eigenvalue weighted by atomic mass is 9.78. The van der Waals surface area contributed by atoms with Crippen LogP contribution in [0.4, 0.5) is 5.69 Å². The van der Waals surface area contributed by atoms with Crippen molar-refractivity contribution in [3.05, 3.63) is 45.9 Å². The van der Waals surface area contributed by atoms with Gasteiger partial charge in [0.05, 0.1) is 13.2 Å². The largest absolute Gasteiger partial charge is 0.461 e. The fourth-order valence-corrected chi connectivity index (χ4v) is 3.83. The van der Waals surface area contributed by atoms with Crippen molar-refractivity contribution in [2.75, 3.05) is 18.1 Å². The third kappa shape index (κ3) is 3.24. The summed E-state index contributed by atoms with van der Waals surface area (Å²) in [6.07, 6.45) is 2.91. The summed E-state index contributed by atoms with van der Waals surface area (Å²) in [5, 5.41) is 0.437. The summed E-state index contributed by atoms with van der Waals surface area (Å²) in [7, 11) is 0. The molecular weight excluding hydrogens is 308 g/mol. The van der Waals surface area contributed by atoms with Crippen LogP contribution in [-0.2, 0) is 16.7 Å².